The Bertz CT molecular complexity index is 948. The van der Waals surface area contributed by atoms with E-state index >= 15 is 0 Å². The molecule has 3 rings (SSSR count). The molecule has 0 unspecified atom stereocenters. The van der Waals surface area contributed by atoms with Crippen molar-refractivity contribution in [2.75, 3.05) is 5.32 Å². The third-order valence-electron chi connectivity index (χ3n) is 4.50. The zero-order valence-corrected chi connectivity index (χ0v) is 14.3. The molecule has 27 heavy (non-hydrogen) atoms. The lowest BCUT2D eigenvalue weighted by Crippen LogP contribution is -2.21. The van der Waals surface area contributed by atoms with Gasteiger partial charge in [-0.2, -0.15) is 13.2 Å². The SMILES string of the molecule is O=C(CCC(=O)c1ccc2c(c1)CCC2)Nc1cc(C(F)(F)F)c[nH]c1=O. The van der Waals surface area contributed by atoms with E-state index in [2.05, 4.69) is 5.32 Å². The number of hydrogen-bond donors (Lipinski definition) is 2. The van der Waals surface area contributed by atoms with Gasteiger partial charge in [-0.1, -0.05) is 12.1 Å². The number of hydrogen-bond acceptors (Lipinski definition) is 3. The number of aromatic nitrogens is 1. The van der Waals surface area contributed by atoms with Crippen molar-refractivity contribution in [2.24, 2.45) is 0 Å². The van der Waals surface area contributed by atoms with Crippen molar-refractivity contribution in [3.8, 4) is 0 Å². The van der Waals surface area contributed by atoms with Crippen LogP contribution < -0.4 is 10.9 Å². The Morgan fingerprint density at radius 2 is 1.81 bits per heavy atom. The Morgan fingerprint density at radius 1 is 1.07 bits per heavy atom. The molecular formula is C19H17F3N2O3. The normalized spacial score (nSPS) is 13.3. The Hall–Kier alpha value is -2.90. The first kappa shape index (κ1) is 18.9. The molecule has 1 amide bonds. The van der Waals surface area contributed by atoms with E-state index in [-0.39, 0.29) is 18.6 Å². The van der Waals surface area contributed by atoms with Crippen LogP contribution >= 0.6 is 0 Å². The Kier molecular flexibility index (Phi) is 5.16. The van der Waals surface area contributed by atoms with Crippen LogP contribution in [0.15, 0.2) is 35.3 Å². The second kappa shape index (κ2) is 7.38. The molecule has 1 aromatic carbocycles. The number of halogens is 3. The van der Waals surface area contributed by atoms with Gasteiger partial charge in [-0.05, 0) is 42.5 Å². The number of nitrogens with one attached hydrogen (secondary N) is 2. The van der Waals surface area contributed by atoms with Gasteiger partial charge in [0.15, 0.2) is 5.78 Å². The molecule has 0 atom stereocenters. The molecule has 1 aromatic heterocycles. The summed E-state index contributed by atoms with van der Waals surface area (Å²) in [6.45, 7) is 0. The highest BCUT2D eigenvalue weighted by molar-refractivity contribution is 6.00. The molecule has 142 valence electrons. The summed E-state index contributed by atoms with van der Waals surface area (Å²) < 4.78 is 38.1. The van der Waals surface area contributed by atoms with Crippen LogP contribution in [0.3, 0.4) is 0 Å². The summed E-state index contributed by atoms with van der Waals surface area (Å²) in [6, 6.07) is 6.04. The number of benzene rings is 1. The van der Waals surface area contributed by atoms with E-state index in [1.807, 2.05) is 17.1 Å². The van der Waals surface area contributed by atoms with Gasteiger partial charge in [-0.3, -0.25) is 14.4 Å². The van der Waals surface area contributed by atoms with Gasteiger partial charge in [-0.15, -0.1) is 0 Å². The predicted molar refractivity (Wildman–Crippen MR) is 92.7 cm³/mol. The topological polar surface area (TPSA) is 79.0 Å². The number of Topliss-reactive ketones (excluding diaryl/α,β-unsaturated/α-hetero) is 1. The van der Waals surface area contributed by atoms with E-state index in [9.17, 15) is 27.6 Å². The van der Waals surface area contributed by atoms with Crippen molar-refractivity contribution in [2.45, 2.75) is 38.3 Å². The highest BCUT2D eigenvalue weighted by Gasteiger charge is 2.31. The molecule has 1 aliphatic rings. The molecule has 1 aliphatic carbocycles. The highest BCUT2D eigenvalue weighted by Crippen LogP contribution is 2.29. The molecule has 5 nitrogen and oxygen atoms in total. The molecule has 8 heteroatoms. The molecule has 0 saturated carbocycles. The van der Waals surface area contributed by atoms with Gasteiger partial charge in [0.25, 0.3) is 5.56 Å². The van der Waals surface area contributed by atoms with Gasteiger partial charge in [-0.25, -0.2) is 0 Å². The molecule has 0 radical (unpaired) electrons. The minimum atomic E-state index is -4.65. The zero-order valence-electron chi connectivity index (χ0n) is 14.3. The van der Waals surface area contributed by atoms with Gasteiger partial charge in [0.05, 0.1) is 5.56 Å². The van der Waals surface area contributed by atoms with Crippen LogP contribution in [0.5, 0.6) is 0 Å². The molecule has 2 N–H and O–H groups in total. The number of aromatic amines is 1. The third kappa shape index (κ3) is 4.45. The Labute approximate surface area is 152 Å². The fourth-order valence-corrected chi connectivity index (χ4v) is 3.07. The number of H-pyrrole nitrogens is 1. The summed E-state index contributed by atoms with van der Waals surface area (Å²) in [4.78, 5) is 37.7. The van der Waals surface area contributed by atoms with E-state index in [1.165, 1.54) is 5.56 Å². The van der Waals surface area contributed by atoms with Crippen molar-refractivity contribution >= 4 is 17.4 Å². The van der Waals surface area contributed by atoms with E-state index in [1.54, 1.807) is 6.07 Å². The van der Waals surface area contributed by atoms with Gasteiger partial charge >= 0.3 is 6.18 Å². The van der Waals surface area contributed by atoms with Crippen molar-refractivity contribution in [1.82, 2.24) is 4.98 Å². The number of fused-ring (bicyclic) bond motifs is 1. The monoisotopic (exact) mass is 378 g/mol. The fraction of sp³-hybridized carbons (Fsp3) is 0.316. The lowest BCUT2D eigenvalue weighted by Gasteiger charge is -2.09. The molecule has 1 heterocycles. The van der Waals surface area contributed by atoms with Crippen molar-refractivity contribution in [3.63, 3.8) is 0 Å². The van der Waals surface area contributed by atoms with E-state index in [4.69, 9.17) is 0 Å². The highest BCUT2D eigenvalue weighted by atomic mass is 19.4. The minimum Gasteiger partial charge on any atom is -0.327 e. The number of carbonyl (C=O) groups is 2. The van der Waals surface area contributed by atoms with Crippen LogP contribution in [0, 0.1) is 0 Å². The predicted octanol–water partition coefficient (Wildman–Crippen LogP) is 3.48. The number of alkyl halides is 3. The smallest absolute Gasteiger partial charge is 0.327 e. The number of carbonyl (C=O) groups excluding carboxylic acids is 2. The summed E-state index contributed by atoms with van der Waals surface area (Å²) in [5, 5.41) is 2.14. The average molecular weight is 378 g/mol. The summed E-state index contributed by atoms with van der Waals surface area (Å²) in [7, 11) is 0. The molecule has 0 saturated heterocycles. The first-order chi connectivity index (χ1) is 12.7. The number of amides is 1. The van der Waals surface area contributed by atoms with E-state index in [0.29, 0.717) is 17.8 Å². The Balaban J connectivity index is 1.61. The number of ketones is 1. The van der Waals surface area contributed by atoms with Crippen molar-refractivity contribution in [1.29, 1.82) is 0 Å². The van der Waals surface area contributed by atoms with Crippen LogP contribution in [0.25, 0.3) is 0 Å². The number of aryl methyl sites for hydroxylation is 2. The molecule has 0 bridgehead atoms. The quantitative estimate of drug-likeness (QED) is 0.782. The summed E-state index contributed by atoms with van der Waals surface area (Å²) in [5.41, 5.74) is 0.460. The van der Waals surface area contributed by atoms with Gasteiger partial charge in [0.1, 0.15) is 5.69 Å². The van der Waals surface area contributed by atoms with Gasteiger partial charge in [0.2, 0.25) is 5.91 Å². The van der Waals surface area contributed by atoms with E-state index < -0.39 is 28.9 Å². The minimum absolute atomic E-state index is 0.0957. The first-order valence-corrected chi connectivity index (χ1v) is 8.49. The van der Waals surface area contributed by atoms with Crippen molar-refractivity contribution in [3.05, 3.63) is 63.1 Å². The largest absolute Gasteiger partial charge is 0.417 e. The lowest BCUT2D eigenvalue weighted by atomic mass is 10.0. The van der Waals surface area contributed by atoms with Crippen LogP contribution in [-0.4, -0.2) is 16.7 Å². The average Bonchev–Trinajstić information content (AvgIpc) is 3.08. The summed E-state index contributed by atoms with van der Waals surface area (Å²) in [6.07, 6.45) is -1.45. The van der Waals surface area contributed by atoms with Crippen LogP contribution in [0.4, 0.5) is 18.9 Å². The molecule has 0 aliphatic heterocycles. The third-order valence-corrected chi connectivity index (χ3v) is 4.50. The van der Waals surface area contributed by atoms with Crippen molar-refractivity contribution < 1.29 is 22.8 Å². The second-order valence-corrected chi connectivity index (χ2v) is 6.44. The maximum Gasteiger partial charge on any atom is 0.417 e. The van der Waals surface area contributed by atoms with Gasteiger partial charge < -0.3 is 10.3 Å². The van der Waals surface area contributed by atoms with Crippen LogP contribution in [0.2, 0.25) is 0 Å². The summed E-state index contributed by atoms with van der Waals surface area (Å²) >= 11 is 0. The molecular weight excluding hydrogens is 361 g/mol. The lowest BCUT2D eigenvalue weighted by molar-refractivity contribution is -0.137. The number of pyridine rings is 1. The zero-order chi connectivity index (χ0) is 19.6. The first-order valence-electron chi connectivity index (χ1n) is 8.49. The molecule has 0 spiro atoms. The standard InChI is InChI=1S/C19H17F3N2O3/c20-19(21,22)14-9-15(18(27)23-10-14)24-17(26)7-6-16(25)13-5-4-11-2-1-3-12(11)8-13/h4-5,8-10H,1-3,6-7H2,(H,23,27)(H,24,26). The van der Waals surface area contributed by atoms with E-state index in [0.717, 1.165) is 24.8 Å². The number of rotatable bonds is 5. The van der Waals surface area contributed by atoms with Gasteiger partial charge in [0, 0.05) is 24.6 Å². The maximum atomic E-state index is 12.7. The fourth-order valence-electron chi connectivity index (χ4n) is 3.07. The van der Waals surface area contributed by atoms with Crippen LogP contribution in [0.1, 0.15) is 46.3 Å². The Morgan fingerprint density at radius 3 is 2.56 bits per heavy atom. The summed E-state index contributed by atoms with van der Waals surface area (Å²) in [5.74, 6) is -0.924. The maximum absolute atomic E-state index is 12.7. The number of anilines is 1. The molecule has 2 aromatic rings. The second-order valence-electron chi connectivity index (χ2n) is 6.44. The van der Waals surface area contributed by atoms with Crippen LogP contribution in [-0.2, 0) is 23.8 Å². The molecule has 0 fully saturated rings.